The molecule has 2 N–H and O–H groups in total. The molecule has 0 aliphatic heterocycles. The van der Waals surface area contributed by atoms with E-state index >= 15 is 0 Å². The van der Waals surface area contributed by atoms with Crippen molar-refractivity contribution < 1.29 is 0 Å². The quantitative estimate of drug-likeness (QED) is 0.806. The Morgan fingerprint density at radius 3 is 2.86 bits per heavy atom. The van der Waals surface area contributed by atoms with Gasteiger partial charge in [0.05, 0.1) is 5.02 Å². The molecule has 0 saturated heterocycles. The number of nitrogens with zero attached hydrogens (tertiary/aromatic N) is 2. The van der Waals surface area contributed by atoms with E-state index in [1.165, 1.54) is 0 Å². The van der Waals surface area contributed by atoms with Crippen LogP contribution in [-0.2, 0) is 6.42 Å². The lowest BCUT2D eigenvalue weighted by atomic mass is 9.74. The molecule has 5 heteroatoms. The highest BCUT2D eigenvalue weighted by molar-refractivity contribution is 9.10. The lowest BCUT2D eigenvalue weighted by Gasteiger charge is -2.34. The SMILES string of the molecule is CC1(C)Cc2nc(-c3ccc(Cl)c(Br)c3)ncc2C(N)C1. The Bertz CT molecular complexity index is 700. The molecule has 0 fully saturated rings. The van der Waals surface area contributed by atoms with Gasteiger partial charge in [-0.3, -0.25) is 0 Å². The maximum absolute atomic E-state index is 6.25. The lowest BCUT2D eigenvalue weighted by Crippen LogP contribution is -2.30. The van der Waals surface area contributed by atoms with E-state index in [1.54, 1.807) is 0 Å². The molecule has 1 aliphatic rings. The first-order valence-electron chi connectivity index (χ1n) is 6.92. The van der Waals surface area contributed by atoms with Crippen molar-refractivity contribution in [2.24, 2.45) is 11.1 Å². The second kappa shape index (κ2) is 5.34. The average molecular weight is 367 g/mol. The zero-order chi connectivity index (χ0) is 15.2. The van der Waals surface area contributed by atoms with Crippen LogP contribution in [-0.4, -0.2) is 9.97 Å². The summed E-state index contributed by atoms with van der Waals surface area (Å²) in [5.74, 6) is 0.719. The van der Waals surface area contributed by atoms with Crippen molar-refractivity contribution in [2.45, 2.75) is 32.7 Å². The van der Waals surface area contributed by atoms with Gasteiger partial charge >= 0.3 is 0 Å². The van der Waals surface area contributed by atoms with Gasteiger partial charge in [0.15, 0.2) is 5.82 Å². The number of hydrogen-bond donors (Lipinski definition) is 1. The van der Waals surface area contributed by atoms with E-state index in [4.69, 9.17) is 22.3 Å². The lowest BCUT2D eigenvalue weighted by molar-refractivity contribution is 0.278. The highest BCUT2D eigenvalue weighted by atomic mass is 79.9. The molecular weight excluding hydrogens is 350 g/mol. The number of hydrogen-bond acceptors (Lipinski definition) is 3. The standard InChI is InChI=1S/C16H17BrClN3/c1-16(2)6-13(19)10-8-20-15(21-14(10)7-16)9-3-4-12(18)11(17)5-9/h3-5,8,13H,6-7,19H2,1-2H3. The Labute approximate surface area is 138 Å². The average Bonchev–Trinajstić information content (AvgIpc) is 2.40. The Morgan fingerprint density at radius 1 is 1.38 bits per heavy atom. The monoisotopic (exact) mass is 365 g/mol. The third kappa shape index (κ3) is 2.98. The number of halogens is 2. The third-order valence-corrected chi connectivity index (χ3v) is 5.11. The normalized spacial score (nSPS) is 20.1. The molecule has 3 rings (SSSR count). The van der Waals surface area contributed by atoms with Gasteiger partial charge in [-0.2, -0.15) is 0 Å². The van der Waals surface area contributed by atoms with Crippen molar-refractivity contribution in [3.05, 3.63) is 45.1 Å². The molecule has 0 bridgehead atoms. The minimum atomic E-state index is 0.0229. The summed E-state index contributed by atoms with van der Waals surface area (Å²) >= 11 is 9.47. The van der Waals surface area contributed by atoms with Crippen LogP contribution >= 0.6 is 27.5 Å². The van der Waals surface area contributed by atoms with Crippen molar-refractivity contribution in [3.8, 4) is 11.4 Å². The van der Waals surface area contributed by atoms with Crippen LogP contribution in [0.5, 0.6) is 0 Å². The summed E-state index contributed by atoms with van der Waals surface area (Å²) in [6.07, 6.45) is 3.77. The Morgan fingerprint density at radius 2 is 2.14 bits per heavy atom. The van der Waals surface area contributed by atoms with E-state index < -0.39 is 0 Å². The zero-order valence-corrected chi connectivity index (χ0v) is 14.4. The summed E-state index contributed by atoms with van der Waals surface area (Å²) in [7, 11) is 0. The van der Waals surface area contributed by atoms with Crippen LogP contribution in [0.3, 0.4) is 0 Å². The van der Waals surface area contributed by atoms with E-state index in [-0.39, 0.29) is 11.5 Å². The first-order chi connectivity index (χ1) is 9.85. The van der Waals surface area contributed by atoms with Crippen LogP contribution < -0.4 is 5.73 Å². The second-order valence-corrected chi connectivity index (χ2v) is 7.64. The smallest absolute Gasteiger partial charge is 0.159 e. The van der Waals surface area contributed by atoms with E-state index in [1.807, 2.05) is 24.4 Å². The first-order valence-corrected chi connectivity index (χ1v) is 8.10. The molecule has 2 aromatic rings. The first kappa shape index (κ1) is 14.9. The van der Waals surface area contributed by atoms with Crippen LogP contribution in [0.1, 0.15) is 37.6 Å². The Balaban J connectivity index is 2.05. The second-order valence-electron chi connectivity index (χ2n) is 6.38. The number of rotatable bonds is 1. The minimum absolute atomic E-state index is 0.0229. The number of fused-ring (bicyclic) bond motifs is 1. The molecule has 1 unspecified atom stereocenters. The van der Waals surface area contributed by atoms with Crippen molar-refractivity contribution in [1.29, 1.82) is 0 Å². The van der Waals surface area contributed by atoms with E-state index in [0.717, 1.165) is 40.0 Å². The van der Waals surface area contributed by atoms with Crippen molar-refractivity contribution in [1.82, 2.24) is 9.97 Å². The van der Waals surface area contributed by atoms with Gasteiger partial charge in [0.2, 0.25) is 0 Å². The Hall–Kier alpha value is -0.970. The van der Waals surface area contributed by atoms with E-state index in [9.17, 15) is 0 Å². The van der Waals surface area contributed by atoms with Crippen LogP contribution in [0.15, 0.2) is 28.9 Å². The molecule has 1 aliphatic carbocycles. The minimum Gasteiger partial charge on any atom is -0.324 e. The van der Waals surface area contributed by atoms with Gasteiger partial charge in [0, 0.05) is 33.5 Å². The van der Waals surface area contributed by atoms with Crippen molar-refractivity contribution in [3.63, 3.8) is 0 Å². The van der Waals surface area contributed by atoms with Gasteiger partial charge in [-0.15, -0.1) is 0 Å². The van der Waals surface area contributed by atoms with Gasteiger partial charge in [0.1, 0.15) is 0 Å². The predicted molar refractivity (Wildman–Crippen MR) is 89.2 cm³/mol. The fraction of sp³-hybridized carbons (Fsp3) is 0.375. The molecule has 1 heterocycles. The van der Waals surface area contributed by atoms with Crippen molar-refractivity contribution >= 4 is 27.5 Å². The highest BCUT2D eigenvalue weighted by Gasteiger charge is 2.31. The fourth-order valence-electron chi connectivity index (χ4n) is 2.88. The summed E-state index contributed by atoms with van der Waals surface area (Å²) in [4.78, 5) is 9.22. The molecule has 1 aromatic carbocycles. The summed E-state index contributed by atoms with van der Waals surface area (Å²) in [5, 5.41) is 0.680. The van der Waals surface area contributed by atoms with E-state index in [2.05, 4.69) is 34.8 Å². The van der Waals surface area contributed by atoms with Gasteiger partial charge in [0.25, 0.3) is 0 Å². The number of aromatic nitrogens is 2. The molecule has 0 amide bonds. The molecule has 1 aromatic heterocycles. The number of benzene rings is 1. The molecule has 110 valence electrons. The maximum Gasteiger partial charge on any atom is 0.159 e. The summed E-state index contributed by atoms with van der Waals surface area (Å²) in [6.45, 7) is 4.47. The topological polar surface area (TPSA) is 51.8 Å². The molecule has 1 atom stereocenters. The highest BCUT2D eigenvalue weighted by Crippen LogP contribution is 2.39. The van der Waals surface area contributed by atoms with Gasteiger partial charge in [-0.05, 0) is 52.4 Å². The number of nitrogens with two attached hydrogens (primary N) is 1. The van der Waals surface area contributed by atoms with E-state index in [0.29, 0.717) is 5.02 Å². The van der Waals surface area contributed by atoms with Crippen LogP contribution in [0, 0.1) is 5.41 Å². The predicted octanol–water partition coefficient (Wildman–Crippen LogP) is 4.53. The van der Waals surface area contributed by atoms with Gasteiger partial charge in [-0.1, -0.05) is 25.4 Å². The largest absolute Gasteiger partial charge is 0.324 e. The zero-order valence-electron chi connectivity index (χ0n) is 12.0. The fourth-order valence-corrected chi connectivity index (χ4v) is 3.38. The maximum atomic E-state index is 6.25. The Kier molecular flexibility index (Phi) is 3.80. The molecule has 0 radical (unpaired) electrons. The summed E-state index contributed by atoms with van der Waals surface area (Å²) in [5.41, 5.74) is 9.52. The van der Waals surface area contributed by atoms with Gasteiger partial charge in [-0.25, -0.2) is 9.97 Å². The van der Waals surface area contributed by atoms with Crippen LogP contribution in [0.2, 0.25) is 5.02 Å². The molecule has 21 heavy (non-hydrogen) atoms. The van der Waals surface area contributed by atoms with Crippen LogP contribution in [0.25, 0.3) is 11.4 Å². The van der Waals surface area contributed by atoms with Gasteiger partial charge < -0.3 is 5.73 Å². The summed E-state index contributed by atoms with van der Waals surface area (Å²) in [6, 6.07) is 5.75. The van der Waals surface area contributed by atoms with Crippen LogP contribution in [0.4, 0.5) is 0 Å². The third-order valence-electron chi connectivity index (χ3n) is 3.90. The molecule has 0 saturated carbocycles. The van der Waals surface area contributed by atoms with Crippen molar-refractivity contribution in [2.75, 3.05) is 0 Å². The molecular formula is C16H17BrClN3. The molecule has 3 nitrogen and oxygen atoms in total. The summed E-state index contributed by atoms with van der Waals surface area (Å²) < 4.78 is 0.847. The molecule has 0 spiro atoms.